The fourth-order valence-corrected chi connectivity index (χ4v) is 2.45. The summed E-state index contributed by atoms with van der Waals surface area (Å²) in [6, 6.07) is 8.19. The molecule has 0 saturated heterocycles. The van der Waals surface area contributed by atoms with Gasteiger partial charge in [0.15, 0.2) is 0 Å². The fraction of sp³-hybridized carbons (Fsp3) is 0.647. The second-order valence-corrected chi connectivity index (χ2v) is 6.38. The molecule has 1 N–H and O–H groups in total. The molecule has 0 heterocycles. The Bertz CT molecular complexity index is 371. The molecule has 0 saturated carbocycles. The van der Waals surface area contributed by atoms with Crippen LogP contribution in [0.4, 0.5) is 0 Å². The van der Waals surface area contributed by atoms with Gasteiger partial charge in [-0.05, 0) is 55.5 Å². The molecule has 0 amide bonds. The molecule has 0 radical (unpaired) electrons. The van der Waals surface area contributed by atoms with Crippen LogP contribution >= 0.6 is 11.6 Å². The van der Waals surface area contributed by atoms with Crippen LogP contribution in [0.25, 0.3) is 0 Å². The second-order valence-electron chi connectivity index (χ2n) is 5.95. The third kappa shape index (κ3) is 5.82. The molecule has 1 aromatic carbocycles. The van der Waals surface area contributed by atoms with Gasteiger partial charge in [0.05, 0.1) is 6.10 Å². The first-order valence-electron chi connectivity index (χ1n) is 7.49. The number of halogens is 1. The normalized spacial score (nSPS) is 13.4. The predicted molar refractivity (Wildman–Crippen MR) is 87.7 cm³/mol. The summed E-state index contributed by atoms with van der Waals surface area (Å²) < 4.78 is 5.37. The van der Waals surface area contributed by atoms with Gasteiger partial charge in [-0.3, -0.25) is 0 Å². The number of hydrogen-bond acceptors (Lipinski definition) is 2. The van der Waals surface area contributed by atoms with E-state index in [1.54, 1.807) is 7.11 Å². The van der Waals surface area contributed by atoms with Gasteiger partial charge in [-0.25, -0.2) is 0 Å². The van der Waals surface area contributed by atoms with Crippen molar-refractivity contribution in [3.8, 4) is 0 Å². The number of rotatable bonds is 9. The van der Waals surface area contributed by atoms with E-state index in [1.807, 2.05) is 12.1 Å². The lowest BCUT2D eigenvalue weighted by molar-refractivity contribution is 0.0921. The molecule has 3 heteroatoms. The summed E-state index contributed by atoms with van der Waals surface area (Å²) >= 11 is 5.94. The highest BCUT2D eigenvalue weighted by atomic mass is 35.5. The Balaban J connectivity index is 2.31. The molecule has 2 nitrogen and oxygen atoms in total. The van der Waals surface area contributed by atoms with Crippen LogP contribution in [0, 0.1) is 0 Å². The lowest BCUT2D eigenvalue weighted by atomic mass is 9.81. The first-order valence-corrected chi connectivity index (χ1v) is 7.87. The first-order chi connectivity index (χ1) is 9.49. The maximum atomic E-state index is 5.94. The van der Waals surface area contributed by atoms with Crippen LogP contribution in [-0.4, -0.2) is 26.3 Å². The molecule has 0 aliphatic heterocycles. The highest BCUT2D eigenvalue weighted by Gasteiger charge is 2.19. The maximum Gasteiger partial charge on any atom is 0.0580 e. The minimum atomic E-state index is 0.170. The molecule has 114 valence electrons. The van der Waals surface area contributed by atoms with E-state index >= 15 is 0 Å². The Morgan fingerprint density at radius 2 is 1.85 bits per heavy atom. The topological polar surface area (TPSA) is 21.3 Å². The summed E-state index contributed by atoms with van der Waals surface area (Å²) in [5.41, 5.74) is 1.51. The van der Waals surface area contributed by atoms with E-state index in [1.165, 1.54) is 5.56 Å². The van der Waals surface area contributed by atoms with Crippen molar-refractivity contribution in [3.05, 3.63) is 34.9 Å². The van der Waals surface area contributed by atoms with Gasteiger partial charge >= 0.3 is 0 Å². The van der Waals surface area contributed by atoms with Crippen molar-refractivity contribution in [2.45, 2.75) is 51.6 Å². The van der Waals surface area contributed by atoms with Gasteiger partial charge in [-0.2, -0.15) is 0 Å². The summed E-state index contributed by atoms with van der Waals surface area (Å²) in [6.45, 7) is 8.76. The van der Waals surface area contributed by atoms with Crippen LogP contribution < -0.4 is 5.32 Å². The molecular weight excluding hydrogens is 270 g/mol. The van der Waals surface area contributed by atoms with Crippen molar-refractivity contribution < 1.29 is 4.74 Å². The van der Waals surface area contributed by atoms with E-state index in [2.05, 4.69) is 38.2 Å². The van der Waals surface area contributed by atoms with E-state index < -0.39 is 0 Å². The SMILES string of the molecule is CCC(CCNCCC(C)(C)c1ccc(Cl)cc1)OC. The minimum Gasteiger partial charge on any atom is -0.381 e. The van der Waals surface area contributed by atoms with Gasteiger partial charge in [0.1, 0.15) is 0 Å². The molecule has 0 aliphatic carbocycles. The molecule has 0 aliphatic rings. The average molecular weight is 298 g/mol. The van der Waals surface area contributed by atoms with Gasteiger partial charge in [0.25, 0.3) is 0 Å². The van der Waals surface area contributed by atoms with E-state index in [0.717, 1.165) is 37.4 Å². The third-order valence-electron chi connectivity index (χ3n) is 3.98. The Kier molecular flexibility index (Phi) is 7.57. The van der Waals surface area contributed by atoms with E-state index in [0.29, 0.717) is 6.10 Å². The van der Waals surface area contributed by atoms with Crippen molar-refractivity contribution in [3.63, 3.8) is 0 Å². The maximum absolute atomic E-state index is 5.94. The smallest absolute Gasteiger partial charge is 0.0580 e. The lowest BCUT2D eigenvalue weighted by Gasteiger charge is -2.25. The largest absolute Gasteiger partial charge is 0.381 e. The zero-order valence-corrected chi connectivity index (χ0v) is 14.0. The zero-order valence-electron chi connectivity index (χ0n) is 13.2. The van der Waals surface area contributed by atoms with Crippen molar-refractivity contribution in [1.82, 2.24) is 5.32 Å². The van der Waals surface area contributed by atoms with Gasteiger partial charge in [-0.1, -0.05) is 44.5 Å². The molecular formula is C17H28ClNO. The van der Waals surface area contributed by atoms with E-state index in [-0.39, 0.29) is 5.41 Å². The number of methoxy groups -OCH3 is 1. The van der Waals surface area contributed by atoms with Gasteiger partial charge in [0.2, 0.25) is 0 Å². The molecule has 1 atom stereocenters. The number of hydrogen-bond donors (Lipinski definition) is 1. The summed E-state index contributed by atoms with van der Waals surface area (Å²) in [4.78, 5) is 0. The summed E-state index contributed by atoms with van der Waals surface area (Å²) in [6.07, 6.45) is 3.65. The Morgan fingerprint density at radius 3 is 2.40 bits per heavy atom. The number of benzene rings is 1. The minimum absolute atomic E-state index is 0.170. The quantitative estimate of drug-likeness (QED) is 0.682. The number of ether oxygens (including phenoxy) is 1. The van der Waals surface area contributed by atoms with Gasteiger partial charge in [-0.15, -0.1) is 0 Å². The third-order valence-corrected chi connectivity index (χ3v) is 4.24. The molecule has 0 aromatic heterocycles. The van der Waals surface area contributed by atoms with Crippen molar-refractivity contribution >= 4 is 11.6 Å². The van der Waals surface area contributed by atoms with Crippen LogP contribution in [0.5, 0.6) is 0 Å². The van der Waals surface area contributed by atoms with Gasteiger partial charge in [0, 0.05) is 12.1 Å². The Labute approximate surface area is 128 Å². The molecule has 1 aromatic rings. The van der Waals surface area contributed by atoms with Crippen LogP contribution in [0.3, 0.4) is 0 Å². The Morgan fingerprint density at radius 1 is 1.20 bits per heavy atom. The highest BCUT2D eigenvalue weighted by molar-refractivity contribution is 6.30. The highest BCUT2D eigenvalue weighted by Crippen LogP contribution is 2.27. The van der Waals surface area contributed by atoms with Gasteiger partial charge < -0.3 is 10.1 Å². The summed E-state index contributed by atoms with van der Waals surface area (Å²) in [7, 11) is 1.79. The van der Waals surface area contributed by atoms with Crippen LogP contribution in [0.2, 0.25) is 5.02 Å². The van der Waals surface area contributed by atoms with Crippen molar-refractivity contribution in [2.24, 2.45) is 0 Å². The molecule has 0 spiro atoms. The number of nitrogens with one attached hydrogen (secondary N) is 1. The zero-order chi connectivity index (χ0) is 15.0. The van der Waals surface area contributed by atoms with Crippen LogP contribution in [-0.2, 0) is 10.2 Å². The van der Waals surface area contributed by atoms with Crippen LogP contribution in [0.1, 0.15) is 45.6 Å². The molecule has 1 rings (SSSR count). The molecule has 1 unspecified atom stereocenters. The van der Waals surface area contributed by atoms with Crippen molar-refractivity contribution in [1.29, 1.82) is 0 Å². The monoisotopic (exact) mass is 297 g/mol. The van der Waals surface area contributed by atoms with Crippen LogP contribution in [0.15, 0.2) is 24.3 Å². The first kappa shape index (κ1) is 17.5. The lowest BCUT2D eigenvalue weighted by Crippen LogP contribution is -2.27. The summed E-state index contributed by atoms with van der Waals surface area (Å²) in [5, 5.41) is 4.31. The standard InChI is InChI=1S/C17H28ClNO/c1-5-16(20-4)10-12-19-13-11-17(2,3)14-6-8-15(18)9-7-14/h6-9,16,19H,5,10-13H2,1-4H3. The summed E-state index contributed by atoms with van der Waals surface area (Å²) in [5.74, 6) is 0. The Hall–Kier alpha value is -0.570. The fourth-order valence-electron chi connectivity index (χ4n) is 2.32. The predicted octanol–water partition coefficient (Wildman–Crippen LogP) is 4.41. The molecule has 0 fully saturated rings. The van der Waals surface area contributed by atoms with Crippen molar-refractivity contribution in [2.75, 3.05) is 20.2 Å². The second kappa shape index (κ2) is 8.66. The average Bonchev–Trinajstić information content (AvgIpc) is 2.43. The molecule has 0 bridgehead atoms. The van der Waals surface area contributed by atoms with E-state index in [9.17, 15) is 0 Å². The molecule has 20 heavy (non-hydrogen) atoms. The van der Waals surface area contributed by atoms with E-state index in [4.69, 9.17) is 16.3 Å².